The molecule has 0 unspecified atom stereocenters. The highest BCUT2D eigenvalue weighted by atomic mass is 32.2. The first-order valence-corrected chi connectivity index (χ1v) is 9.92. The Hall–Kier alpha value is -2.21. The van der Waals surface area contributed by atoms with Crippen LogP contribution in [0.15, 0.2) is 24.4 Å². The summed E-state index contributed by atoms with van der Waals surface area (Å²) in [4.78, 5) is 6.58. The first-order chi connectivity index (χ1) is 12.1. The number of hydrogen-bond donors (Lipinski definition) is 1. The molecule has 2 aromatic rings. The number of nitriles is 1. The minimum atomic E-state index is -3.65. The number of nitrogens with zero attached hydrogens (tertiary/aromatic N) is 4. The Morgan fingerprint density at radius 1 is 1.42 bits per heavy atom. The summed E-state index contributed by atoms with van der Waals surface area (Å²) in [6.45, 7) is 6.03. The van der Waals surface area contributed by atoms with Crippen molar-refractivity contribution in [1.29, 1.82) is 5.26 Å². The van der Waals surface area contributed by atoms with Gasteiger partial charge < -0.3 is 4.90 Å². The van der Waals surface area contributed by atoms with Gasteiger partial charge in [-0.05, 0) is 25.0 Å². The van der Waals surface area contributed by atoms with Gasteiger partial charge in [0, 0.05) is 43.7 Å². The number of aryl methyl sites for hydroxylation is 1. The van der Waals surface area contributed by atoms with E-state index in [1.54, 1.807) is 6.20 Å². The molecular weight excluding hydrogens is 350 g/mol. The fourth-order valence-corrected chi connectivity index (χ4v) is 3.80. The van der Waals surface area contributed by atoms with Gasteiger partial charge >= 0.3 is 0 Å². The van der Waals surface area contributed by atoms with Crippen molar-refractivity contribution < 1.29 is 8.42 Å². The van der Waals surface area contributed by atoms with Crippen molar-refractivity contribution in [2.24, 2.45) is 10.6 Å². The first-order valence-electron chi connectivity index (χ1n) is 8.41. The maximum Gasteiger partial charge on any atom is 0.276 e. The molecule has 0 aliphatic carbocycles. The van der Waals surface area contributed by atoms with Crippen molar-refractivity contribution >= 4 is 26.8 Å². The summed E-state index contributed by atoms with van der Waals surface area (Å²) >= 11 is 0. The number of nitrogens with two attached hydrogens (primary N) is 1. The summed E-state index contributed by atoms with van der Waals surface area (Å²) in [5.74, 6) is 0. The van der Waals surface area contributed by atoms with Gasteiger partial charge in [0.25, 0.3) is 10.2 Å². The molecule has 2 N–H and O–H groups in total. The molecule has 1 aromatic carbocycles. The van der Waals surface area contributed by atoms with E-state index >= 15 is 0 Å². The van der Waals surface area contributed by atoms with Crippen molar-refractivity contribution in [2.45, 2.75) is 20.3 Å². The molecule has 0 spiro atoms. The van der Waals surface area contributed by atoms with E-state index in [0.717, 1.165) is 35.2 Å². The van der Waals surface area contributed by atoms with E-state index in [1.807, 2.05) is 25.1 Å². The van der Waals surface area contributed by atoms with E-state index in [2.05, 4.69) is 22.9 Å². The minimum Gasteiger partial charge on any atom is -0.369 e. The van der Waals surface area contributed by atoms with Gasteiger partial charge in [-0.15, -0.1) is 0 Å². The first kappa shape index (κ1) is 18.6. The minimum absolute atomic E-state index is 0.0219. The molecule has 7 nitrogen and oxygen atoms in total. The molecular formula is C18H23N5O2S. The van der Waals surface area contributed by atoms with E-state index in [4.69, 9.17) is 5.14 Å². The van der Waals surface area contributed by atoms with E-state index in [0.29, 0.717) is 18.5 Å². The standard InChI is InChI=1S/C18H23N5O2S/c1-13-4-5-15-16(8-13)21-10-14(9-19)17(15)23-11-18(2,12-23)6-7-22(3)26(20,24)25/h4-5,8,10H,6-7,11-12H2,1-3H3,(H2,20,24,25). The van der Waals surface area contributed by atoms with Gasteiger partial charge in [0.15, 0.2) is 0 Å². The number of rotatable bonds is 5. The van der Waals surface area contributed by atoms with Gasteiger partial charge in [-0.3, -0.25) is 4.98 Å². The Morgan fingerprint density at radius 3 is 2.73 bits per heavy atom. The quantitative estimate of drug-likeness (QED) is 0.860. The molecule has 8 heteroatoms. The lowest BCUT2D eigenvalue weighted by molar-refractivity contribution is 0.209. The molecule has 1 fully saturated rings. The average molecular weight is 373 g/mol. The Balaban J connectivity index is 1.81. The third-order valence-electron chi connectivity index (χ3n) is 5.04. The molecule has 0 saturated carbocycles. The van der Waals surface area contributed by atoms with Crippen LogP contribution < -0.4 is 10.0 Å². The smallest absolute Gasteiger partial charge is 0.276 e. The molecule has 0 radical (unpaired) electrons. The third-order valence-corrected chi connectivity index (χ3v) is 6.09. The molecule has 2 heterocycles. The molecule has 0 atom stereocenters. The molecule has 1 saturated heterocycles. The molecule has 1 aliphatic rings. The number of aromatic nitrogens is 1. The second kappa shape index (κ2) is 6.50. The molecule has 0 bridgehead atoms. The Morgan fingerprint density at radius 2 is 2.12 bits per heavy atom. The Labute approximate surface area is 154 Å². The SMILES string of the molecule is Cc1ccc2c(N3CC(C)(CCN(C)S(N)(=O)=O)C3)c(C#N)cnc2c1. The topological polar surface area (TPSA) is 103 Å². The number of hydrogen-bond acceptors (Lipinski definition) is 5. The lowest BCUT2D eigenvalue weighted by atomic mass is 9.78. The second-order valence-corrected chi connectivity index (χ2v) is 9.09. The highest BCUT2D eigenvalue weighted by Gasteiger charge is 2.40. The fourth-order valence-electron chi connectivity index (χ4n) is 3.46. The van der Waals surface area contributed by atoms with Crippen molar-refractivity contribution in [3.8, 4) is 6.07 Å². The van der Waals surface area contributed by atoms with E-state index < -0.39 is 10.2 Å². The lowest BCUT2D eigenvalue weighted by Gasteiger charge is -2.50. The monoisotopic (exact) mass is 373 g/mol. The Bertz CT molecular complexity index is 991. The summed E-state index contributed by atoms with van der Waals surface area (Å²) in [6.07, 6.45) is 2.34. The van der Waals surface area contributed by atoms with Gasteiger partial charge in [-0.2, -0.15) is 18.0 Å². The van der Waals surface area contributed by atoms with Crippen LogP contribution in [0, 0.1) is 23.7 Å². The predicted molar refractivity (Wildman–Crippen MR) is 102 cm³/mol. The zero-order valence-corrected chi connectivity index (χ0v) is 16.0. The largest absolute Gasteiger partial charge is 0.369 e. The van der Waals surface area contributed by atoms with Crippen LogP contribution in [-0.2, 0) is 10.2 Å². The van der Waals surface area contributed by atoms with Crippen LogP contribution in [0.4, 0.5) is 5.69 Å². The summed E-state index contributed by atoms with van der Waals surface area (Å²) in [7, 11) is -2.16. The van der Waals surface area contributed by atoms with Gasteiger partial charge in [0.1, 0.15) is 6.07 Å². The molecule has 0 amide bonds. The lowest BCUT2D eigenvalue weighted by Crippen LogP contribution is -2.56. The Kier molecular flexibility index (Phi) is 4.65. The molecule has 1 aliphatic heterocycles. The molecule has 3 rings (SSSR count). The van der Waals surface area contributed by atoms with Crippen LogP contribution in [0.25, 0.3) is 10.9 Å². The van der Waals surface area contributed by atoms with Crippen molar-refractivity contribution in [2.75, 3.05) is 31.6 Å². The summed E-state index contributed by atoms with van der Waals surface area (Å²) in [6, 6.07) is 8.29. The predicted octanol–water partition coefficient (Wildman–Crippen LogP) is 1.77. The van der Waals surface area contributed by atoms with Crippen LogP contribution >= 0.6 is 0 Å². The van der Waals surface area contributed by atoms with Gasteiger partial charge in [-0.25, -0.2) is 5.14 Å². The second-order valence-electron chi connectivity index (χ2n) is 7.44. The number of anilines is 1. The van der Waals surface area contributed by atoms with E-state index in [9.17, 15) is 13.7 Å². The average Bonchev–Trinajstić information content (AvgIpc) is 2.55. The fraction of sp³-hybridized carbons (Fsp3) is 0.444. The molecule has 26 heavy (non-hydrogen) atoms. The van der Waals surface area contributed by atoms with Crippen LogP contribution in [0.3, 0.4) is 0 Å². The summed E-state index contributed by atoms with van der Waals surface area (Å²) < 4.78 is 23.9. The van der Waals surface area contributed by atoms with Gasteiger partial charge in [-0.1, -0.05) is 19.1 Å². The summed E-state index contributed by atoms with van der Waals surface area (Å²) in [5, 5.41) is 15.6. The zero-order valence-electron chi connectivity index (χ0n) is 15.2. The van der Waals surface area contributed by atoms with Crippen LogP contribution in [0.2, 0.25) is 0 Å². The van der Waals surface area contributed by atoms with E-state index in [1.165, 1.54) is 11.4 Å². The number of pyridine rings is 1. The van der Waals surface area contributed by atoms with Crippen molar-refractivity contribution in [3.63, 3.8) is 0 Å². The van der Waals surface area contributed by atoms with Gasteiger partial charge in [0.05, 0.1) is 16.8 Å². The van der Waals surface area contributed by atoms with Crippen LogP contribution in [0.5, 0.6) is 0 Å². The zero-order chi connectivity index (χ0) is 19.1. The third kappa shape index (κ3) is 3.51. The van der Waals surface area contributed by atoms with Gasteiger partial charge in [0.2, 0.25) is 0 Å². The highest BCUT2D eigenvalue weighted by molar-refractivity contribution is 7.86. The molecule has 1 aromatic heterocycles. The van der Waals surface area contributed by atoms with Crippen molar-refractivity contribution in [1.82, 2.24) is 9.29 Å². The highest BCUT2D eigenvalue weighted by Crippen LogP contribution is 2.41. The van der Waals surface area contributed by atoms with Crippen LogP contribution in [-0.4, -0.2) is 44.4 Å². The molecule has 138 valence electrons. The maximum absolute atomic E-state index is 11.3. The number of benzene rings is 1. The van der Waals surface area contributed by atoms with E-state index in [-0.39, 0.29) is 5.41 Å². The number of fused-ring (bicyclic) bond motifs is 1. The summed E-state index contributed by atoms with van der Waals surface area (Å²) in [5.41, 5.74) is 3.45. The maximum atomic E-state index is 11.3. The van der Waals surface area contributed by atoms with Crippen LogP contribution in [0.1, 0.15) is 24.5 Å². The normalized spacial score (nSPS) is 16.5. The van der Waals surface area contributed by atoms with Crippen molar-refractivity contribution in [3.05, 3.63) is 35.5 Å².